The summed E-state index contributed by atoms with van der Waals surface area (Å²) in [7, 11) is 0. The molecule has 0 aliphatic heterocycles. The smallest absolute Gasteiger partial charge is 0.311 e. The molecule has 0 aromatic heterocycles. The molecule has 1 atom stereocenters. The molecule has 0 amide bonds. The van der Waals surface area contributed by atoms with Gasteiger partial charge < -0.3 is 4.74 Å². The minimum atomic E-state index is -0.717. The molecule has 0 heterocycles. The van der Waals surface area contributed by atoms with Crippen molar-refractivity contribution in [2.45, 2.75) is 45.7 Å². The molecule has 114 valence electrons. The van der Waals surface area contributed by atoms with Crippen LogP contribution in [0.2, 0.25) is 0 Å². The highest BCUT2D eigenvalue weighted by molar-refractivity contribution is 5.51. The molecule has 21 heavy (non-hydrogen) atoms. The molecule has 1 aromatic carbocycles. The molecule has 1 N–H and O–H groups in total. The fourth-order valence-corrected chi connectivity index (χ4v) is 2.12. The number of nitro groups is 1. The number of aryl methyl sites for hydroxylation is 1. The average Bonchev–Trinajstić information content (AvgIpc) is 2.39. The number of para-hydroxylation sites is 1. The van der Waals surface area contributed by atoms with Crippen LogP contribution >= 0.6 is 0 Å². The normalized spacial score (nSPS) is 13.5. The summed E-state index contributed by atoms with van der Waals surface area (Å²) >= 11 is 0. The van der Waals surface area contributed by atoms with E-state index >= 15 is 0 Å². The molecule has 0 fully saturated rings. The molecule has 0 aliphatic carbocycles. The molecular weight excluding hydrogens is 270 g/mol. The maximum atomic E-state index is 11.0. The molecule has 0 saturated carbocycles. The van der Waals surface area contributed by atoms with Gasteiger partial charge in [-0.2, -0.15) is 5.26 Å². The third-order valence-electron chi connectivity index (χ3n) is 3.09. The van der Waals surface area contributed by atoms with Crippen LogP contribution in [0, 0.1) is 28.4 Å². The van der Waals surface area contributed by atoms with Crippen molar-refractivity contribution in [1.82, 2.24) is 5.32 Å². The van der Waals surface area contributed by atoms with Gasteiger partial charge in [0.15, 0.2) is 5.75 Å². The number of hydrogen-bond donors (Lipinski definition) is 1. The van der Waals surface area contributed by atoms with Crippen molar-refractivity contribution >= 4 is 5.69 Å². The van der Waals surface area contributed by atoms with Gasteiger partial charge in [0.25, 0.3) is 0 Å². The Kier molecular flexibility index (Phi) is 5.68. The number of nitriles is 1. The van der Waals surface area contributed by atoms with E-state index in [0.29, 0.717) is 12.0 Å². The largest absolute Gasteiger partial charge is 0.487 e. The van der Waals surface area contributed by atoms with E-state index in [0.717, 1.165) is 0 Å². The van der Waals surface area contributed by atoms with Gasteiger partial charge in [0.1, 0.15) is 5.54 Å². The molecule has 1 aromatic rings. The third kappa shape index (κ3) is 4.72. The van der Waals surface area contributed by atoms with Gasteiger partial charge in [-0.3, -0.25) is 15.4 Å². The first kappa shape index (κ1) is 16.9. The second kappa shape index (κ2) is 7.04. The van der Waals surface area contributed by atoms with Crippen LogP contribution in [-0.2, 0) is 0 Å². The van der Waals surface area contributed by atoms with Crippen molar-refractivity contribution in [1.29, 1.82) is 5.26 Å². The van der Waals surface area contributed by atoms with Gasteiger partial charge in [0, 0.05) is 18.5 Å². The summed E-state index contributed by atoms with van der Waals surface area (Å²) in [5.74, 6) is 0.271. The summed E-state index contributed by atoms with van der Waals surface area (Å²) in [5, 5.41) is 23.4. The average molecular weight is 291 g/mol. The second-order valence-corrected chi connectivity index (χ2v) is 5.52. The zero-order valence-corrected chi connectivity index (χ0v) is 12.8. The Balaban J connectivity index is 2.77. The predicted octanol–water partition coefficient (Wildman–Crippen LogP) is 2.95. The van der Waals surface area contributed by atoms with Gasteiger partial charge >= 0.3 is 5.69 Å². The lowest BCUT2D eigenvalue weighted by molar-refractivity contribution is -0.385. The van der Waals surface area contributed by atoms with E-state index in [1.807, 2.05) is 13.8 Å². The first-order valence-corrected chi connectivity index (χ1v) is 6.85. The Hall–Kier alpha value is -2.13. The summed E-state index contributed by atoms with van der Waals surface area (Å²) in [6.07, 6.45) is 0.438. The minimum absolute atomic E-state index is 0.0505. The highest BCUT2D eigenvalue weighted by Gasteiger charge is 2.25. The molecule has 1 rings (SSSR count). The van der Waals surface area contributed by atoms with E-state index in [-0.39, 0.29) is 24.1 Å². The molecule has 1 unspecified atom stereocenters. The lowest BCUT2D eigenvalue weighted by atomic mass is 9.99. The SMILES string of the molecule is Cc1cccc([N+](=O)[O-])c1OCCC(C)(C#N)NC(C)C. The van der Waals surface area contributed by atoms with Crippen LogP contribution in [0.3, 0.4) is 0 Å². The molecule has 0 saturated heterocycles. The molecule has 0 spiro atoms. The molecule has 6 nitrogen and oxygen atoms in total. The van der Waals surface area contributed by atoms with Crippen LogP contribution in [0.5, 0.6) is 5.75 Å². The number of nitrogens with zero attached hydrogens (tertiary/aromatic N) is 2. The highest BCUT2D eigenvalue weighted by Crippen LogP contribution is 2.30. The summed E-state index contributed by atoms with van der Waals surface area (Å²) in [5.41, 5.74) is -0.0591. The summed E-state index contributed by atoms with van der Waals surface area (Å²) in [4.78, 5) is 10.5. The lowest BCUT2D eigenvalue weighted by Crippen LogP contribution is -2.45. The zero-order valence-electron chi connectivity index (χ0n) is 12.8. The topological polar surface area (TPSA) is 88.2 Å². The van der Waals surface area contributed by atoms with Crippen LogP contribution in [0.25, 0.3) is 0 Å². The Morgan fingerprint density at radius 3 is 2.71 bits per heavy atom. The maximum absolute atomic E-state index is 11.0. The van der Waals surface area contributed by atoms with Crippen molar-refractivity contribution in [3.8, 4) is 11.8 Å². The van der Waals surface area contributed by atoms with Gasteiger partial charge in [0.2, 0.25) is 0 Å². The van der Waals surface area contributed by atoms with E-state index in [2.05, 4.69) is 11.4 Å². The quantitative estimate of drug-likeness (QED) is 0.616. The minimum Gasteiger partial charge on any atom is -0.487 e. The van der Waals surface area contributed by atoms with Gasteiger partial charge in [-0.1, -0.05) is 12.1 Å². The maximum Gasteiger partial charge on any atom is 0.311 e. The molecule has 6 heteroatoms. The molecule has 0 radical (unpaired) electrons. The second-order valence-electron chi connectivity index (χ2n) is 5.52. The fourth-order valence-electron chi connectivity index (χ4n) is 2.12. The predicted molar refractivity (Wildman–Crippen MR) is 80.2 cm³/mol. The van der Waals surface area contributed by atoms with Gasteiger partial charge in [-0.05, 0) is 33.3 Å². The first-order valence-electron chi connectivity index (χ1n) is 6.85. The van der Waals surface area contributed by atoms with E-state index in [1.54, 1.807) is 26.0 Å². The Morgan fingerprint density at radius 2 is 2.19 bits per heavy atom. The zero-order chi connectivity index (χ0) is 16.0. The summed E-state index contributed by atoms with van der Waals surface area (Å²) in [6, 6.07) is 7.19. The number of benzene rings is 1. The Bertz CT molecular complexity index is 552. The van der Waals surface area contributed by atoms with Crippen LogP contribution < -0.4 is 10.1 Å². The summed E-state index contributed by atoms with van der Waals surface area (Å²) < 4.78 is 5.58. The van der Waals surface area contributed by atoms with Crippen LogP contribution in [0.4, 0.5) is 5.69 Å². The van der Waals surface area contributed by atoms with Gasteiger partial charge in [0.05, 0.1) is 17.6 Å². The molecular formula is C15H21N3O3. The molecule has 0 bridgehead atoms. The standard InChI is InChI=1S/C15H21N3O3/c1-11(2)17-15(4,10-16)8-9-21-14-12(3)6-5-7-13(14)18(19)20/h5-7,11,17H,8-9H2,1-4H3. The van der Waals surface area contributed by atoms with Gasteiger partial charge in [-0.25, -0.2) is 0 Å². The number of hydrogen-bond acceptors (Lipinski definition) is 5. The lowest BCUT2D eigenvalue weighted by Gasteiger charge is -2.25. The van der Waals surface area contributed by atoms with E-state index < -0.39 is 10.5 Å². The fraction of sp³-hybridized carbons (Fsp3) is 0.533. The Morgan fingerprint density at radius 1 is 1.52 bits per heavy atom. The van der Waals surface area contributed by atoms with E-state index in [1.165, 1.54) is 6.07 Å². The number of ether oxygens (including phenoxy) is 1. The third-order valence-corrected chi connectivity index (χ3v) is 3.09. The number of rotatable bonds is 7. The number of nitrogens with one attached hydrogen (secondary N) is 1. The van der Waals surface area contributed by atoms with E-state index in [4.69, 9.17) is 4.74 Å². The van der Waals surface area contributed by atoms with Crippen molar-refractivity contribution in [2.24, 2.45) is 0 Å². The van der Waals surface area contributed by atoms with Crippen molar-refractivity contribution in [2.75, 3.05) is 6.61 Å². The molecule has 0 aliphatic rings. The van der Waals surface area contributed by atoms with Gasteiger partial charge in [-0.15, -0.1) is 0 Å². The Labute approximate surface area is 124 Å². The van der Waals surface area contributed by atoms with Crippen molar-refractivity contribution in [3.05, 3.63) is 33.9 Å². The first-order chi connectivity index (χ1) is 9.79. The van der Waals surface area contributed by atoms with Crippen molar-refractivity contribution < 1.29 is 9.66 Å². The van der Waals surface area contributed by atoms with Crippen molar-refractivity contribution in [3.63, 3.8) is 0 Å². The van der Waals surface area contributed by atoms with Crippen LogP contribution in [0.1, 0.15) is 32.8 Å². The van der Waals surface area contributed by atoms with Crippen LogP contribution in [-0.4, -0.2) is 23.1 Å². The van der Waals surface area contributed by atoms with E-state index in [9.17, 15) is 15.4 Å². The summed E-state index contributed by atoms with van der Waals surface area (Å²) in [6.45, 7) is 7.71. The monoisotopic (exact) mass is 291 g/mol. The highest BCUT2D eigenvalue weighted by atomic mass is 16.6. The number of nitro benzene ring substituents is 1. The van der Waals surface area contributed by atoms with Crippen LogP contribution in [0.15, 0.2) is 18.2 Å².